The van der Waals surface area contributed by atoms with E-state index in [4.69, 9.17) is 26.1 Å². The van der Waals surface area contributed by atoms with Crippen LogP contribution >= 0.6 is 12.2 Å². The van der Waals surface area contributed by atoms with Gasteiger partial charge in [0.15, 0.2) is 0 Å². The van der Waals surface area contributed by atoms with Gasteiger partial charge in [-0.3, -0.25) is 4.79 Å². The predicted molar refractivity (Wildman–Crippen MR) is 111 cm³/mol. The molecular weight excluding hydrogens is 374 g/mol. The van der Waals surface area contributed by atoms with E-state index >= 15 is 0 Å². The Balaban J connectivity index is 1.40. The van der Waals surface area contributed by atoms with Crippen LogP contribution in [0.5, 0.6) is 11.5 Å². The van der Waals surface area contributed by atoms with Gasteiger partial charge in [0, 0.05) is 24.1 Å². The van der Waals surface area contributed by atoms with Crippen molar-refractivity contribution in [1.82, 2.24) is 5.32 Å². The van der Waals surface area contributed by atoms with Crippen LogP contribution < -0.4 is 14.8 Å². The monoisotopic (exact) mass is 399 g/mol. The van der Waals surface area contributed by atoms with Crippen LogP contribution in [0.2, 0.25) is 0 Å². The highest BCUT2D eigenvalue weighted by Gasteiger charge is 2.40. The number of benzene rings is 1. The van der Waals surface area contributed by atoms with Crippen molar-refractivity contribution in [1.29, 1.82) is 0 Å². The lowest BCUT2D eigenvalue weighted by Gasteiger charge is -2.22. The zero-order valence-electron chi connectivity index (χ0n) is 16.2. The minimum atomic E-state index is -0.131. The number of thiocarbonyl (C=S) groups is 1. The lowest BCUT2D eigenvalue weighted by molar-refractivity contribution is -0.115. The topological polar surface area (TPSA) is 60.7 Å². The summed E-state index contributed by atoms with van der Waals surface area (Å²) in [5.74, 6) is 4.02. The quantitative estimate of drug-likeness (QED) is 0.708. The third-order valence-corrected chi connectivity index (χ3v) is 6.27. The molecule has 1 heterocycles. The second-order valence-electron chi connectivity index (χ2n) is 7.72. The van der Waals surface area contributed by atoms with Crippen LogP contribution in [0.1, 0.15) is 31.4 Å². The molecule has 0 radical (unpaired) electrons. The number of amides is 1. The molecule has 0 aliphatic heterocycles. The molecule has 2 fully saturated rings. The molecule has 2 bridgehead atoms. The first-order chi connectivity index (χ1) is 13.6. The van der Waals surface area contributed by atoms with E-state index in [-0.39, 0.29) is 5.91 Å². The summed E-state index contributed by atoms with van der Waals surface area (Å²) in [5.41, 5.74) is 0.847. The zero-order chi connectivity index (χ0) is 19.7. The standard InChI is InChI=1S/C22H25NO4S/c1-25-17-9-15(10-18(11-17)26-2)20-6-5-16(27-20)12-21(28)22(24)23-19-8-13-3-4-14(19)7-13/h5-6,9-11,13-14,19H,3-4,7-8,12H2,1-2H3,(H,23,24). The predicted octanol–water partition coefficient (Wildman–Crippen LogP) is 4.18. The van der Waals surface area contributed by atoms with Crippen molar-refractivity contribution in [2.45, 2.75) is 38.1 Å². The number of hydrogen-bond acceptors (Lipinski definition) is 5. The fourth-order valence-corrected chi connectivity index (χ4v) is 4.69. The molecule has 2 aliphatic rings. The first kappa shape index (κ1) is 19.0. The molecule has 3 unspecified atom stereocenters. The van der Waals surface area contributed by atoms with Gasteiger partial charge in [-0.1, -0.05) is 18.6 Å². The smallest absolute Gasteiger partial charge is 0.258 e. The lowest BCUT2D eigenvalue weighted by atomic mass is 9.95. The first-order valence-electron chi connectivity index (χ1n) is 9.71. The highest BCUT2D eigenvalue weighted by Crippen LogP contribution is 2.44. The van der Waals surface area contributed by atoms with Crippen LogP contribution in [0.15, 0.2) is 34.7 Å². The second kappa shape index (κ2) is 7.95. The minimum Gasteiger partial charge on any atom is -0.497 e. The molecule has 148 valence electrons. The van der Waals surface area contributed by atoms with E-state index in [0.29, 0.717) is 46.3 Å². The fraction of sp³-hybridized carbons (Fsp3) is 0.455. The molecule has 1 aromatic heterocycles. The Kier molecular flexibility index (Phi) is 5.40. The van der Waals surface area contributed by atoms with Gasteiger partial charge in [0.1, 0.15) is 23.0 Å². The first-order valence-corrected chi connectivity index (χ1v) is 10.1. The summed E-state index contributed by atoms with van der Waals surface area (Å²) in [6.07, 6.45) is 5.22. The van der Waals surface area contributed by atoms with E-state index in [2.05, 4.69) is 5.32 Å². The molecule has 0 saturated heterocycles. The van der Waals surface area contributed by atoms with Crippen molar-refractivity contribution in [3.8, 4) is 22.8 Å². The Morgan fingerprint density at radius 1 is 1.14 bits per heavy atom. The lowest BCUT2D eigenvalue weighted by Crippen LogP contribution is -2.42. The van der Waals surface area contributed by atoms with Gasteiger partial charge in [-0.05, 0) is 55.4 Å². The number of methoxy groups -OCH3 is 2. The Labute approximate surface area is 170 Å². The summed E-state index contributed by atoms with van der Waals surface area (Å²) in [4.78, 5) is 12.9. The van der Waals surface area contributed by atoms with Crippen molar-refractivity contribution >= 4 is 23.0 Å². The van der Waals surface area contributed by atoms with Gasteiger partial charge in [0.05, 0.1) is 19.1 Å². The van der Waals surface area contributed by atoms with Crippen molar-refractivity contribution in [2.24, 2.45) is 11.8 Å². The van der Waals surface area contributed by atoms with E-state index in [1.165, 1.54) is 19.3 Å². The van der Waals surface area contributed by atoms with Crippen molar-refractivity contribution < 1.29 is 18.7 Å². The van der Waals surface area contributed by atoms with Gasteiger partial charge in [-0.15, -0.1) is 0 Å². The molecule has 2 aromatic rings. The summed E-state index contributed by atoms with van der Waals surface area (Å²) in [6.45, 7) is 0. The number of fused-ring (bicyclic) bond motifs is 2. The maximum Gasteiger partial charge on any atom is 0.258 e. The van der Waals surface area contributed by atoms with E-state index < -0.39 is 0 Å². The Bertz CT molecular complexity index is 868. The van der Waals surface area contributed by atoms with Crippen LogP contribution in [-0.2, 0) is 11.2 Å². The van der Waals surface area contributed by atoms with Crippen molar-refractivity contribution in [3.05, 3.63) is 36.1 Å². The minimum absolute atomic E-state index is 0.131. The number of ether oxygens (including phenoxy) is 2. The van der Waals surface area contributed by atoms with Gasteiger partial charge in [-0.2, -0.15) is 0 Å². The molecule has 1 aromatic carbocycles. The number of carbonyl (C=O) groups is 1. The molecule has 0 spiro atoms. The molecule has 3 atom stereocenters. The molecule has 1 amide bonds. The van der Waals surface area contributed by atoms with Gasteiger partial charge in [0.25, 0.3) is 5.91 Å². The number of carbonyl (C=O) groups excluding carboxylic acids is 1. The third-order valence-electron chi connectivity index (χ3n) is 5.94. The SMILES string of the molecule is COc1cc(OC)cc(-c2ccc(CC(=S)C(=O)NC3CC4CCC3C4)o2)c1. The number of nitrogens with one attached hydrogen (secondary N) is 1. The summed E-state index contributed by atoms with van der Waals surface area (Å²) < 4.78 is 16.6. The maximum absolute atomic E-state index is 12.5. The molecule has 2 aliphatic carbocycles. The van der Waals surface area contributed by atoms with Crippen LogP contribution in [0.25, 0.3) is 11.3 Å². The molecule has 6 heteroatoms. The highest BCUT2D eigenvalue weighted by molar-refractivity contribution is 7.82. The second-order valence-corrected chi connectivity index (χ2v) is 8.21. The summed E-state index contributed by atoms with van der Waals surface area (Å²) >= 11 is 5.37. The largest absolute Gasteiger partial charge is 0.497 e. The average molecular weight is 400 g/mol. The summed E-state index contributed by atoms with van der Waals surface area (Å²) in [6, 6.07) is 9.60. The normalized spacial score (nSPS) is 22.9. The van der Waals surface area contributed by atoms with Crippen molar-refractivity contribution in [2.75, 3.05) is 14.2 Å². The molecule has 4 rings (SSSR count). The molecular formula is C22H25NO4S. The third kappa shape index (κ3) is 3.92. The zero-order valence-corrected chi connectivity index (χ0v) is 17.0. The average Bonchev–Trinajstić information content (AvgIpc) is 3.44. The Morgan fingerprint density at radius 3 is 2.50 bits per heavy atom. The van der Waals surface area contributed by atoms with Crippen molar-refractivity contribution in [3.63, 3.8) is 0 Å². The molecule has 5 nitrogen and oxygen atoms in total. The maximum atomic E-state index is 12.5. The molecule has 2 saturated carbocycles. The summed E-state index contributed by atoms with van der Waals surface area (Å²) in [5, 5.41) is 3.14. The van der Waals surface area contributed by atoms with Crippen LogP contribution in [0.4, 0.5) is 0 Å². The Hall–Kier alpha value is -2.34. The van der Waals surface area contributed by atoms with Gasteiger partial charge < -0.3 is 19.2 Å². The van der Waals surface area contributed by atoms with Crippen LogP contribution in [0, 0.1) is 11.8 Å². The van der Waals surface area contributed by atoms with E-state index in [9.17, 15) is 4.79 Å². The van der Waals surface area contributed by atoms with E-state index in [1.807, 2.05) is 30.3 Å². The molecule has 1 N–H and O–H groups in total. The number of furan rings is 1. The highest BCUT2D eigenvalue weighted by atomic mass is 32.1. The van der Waals surface area contributed by atoms with Gasteiger partial charge in [0.2, 0.25) is 0 Å². The number of hydrogen-bond donors (Lipinski definition) is 1. The number of rotatable bonds is 7. The summed E-state index contributed by atoms with van der Waals surface area (Å²) in [7, 11) is 3.22. The van der Waals surface area contributed by atoms with Crippen LogP contribution in [0.3, 0.4) is 0 Å². The van der Waals surface area contributed by atoms with Gasteiger partial charge in [-0.25, -0.2) is 0 Å². The molecule has 28 heavy (non-hydrogen) atoms. The Morgan fingerprint density at radius 2 is 1.89 bits per heavy atom. The van der Waals surface area contributed by atoms with E-state index in [0.717, 1.165) is 17.9 Å². The fourth-order valence-electron chi connectivity index (χ4n) is 4.49. The van der Waals surface area contributed by atoms with E-state index in [1.54, 1.807) is 14.2 Å². The van der Waals surface area contributed by atoms with Gasteiger partial charge >= 0.3 is 0 Å². The van der Waals surface area contributed by atoms with Crippen LogP contribution in [-0.4, -0.2) is 31.0 Å².